The largest absolute Gasteiger partial charge is 0.496 e. The van der Waals surface area contributed by atoms with Gasteiger partial charge in [-0.05, 0) is 30.9 Å². The maximum atomic E-state index is 12.4. The highest BCUT2D eigenvalue weighted by Gasteiger charge is 2.26. The number of benzene rings is 1. The molecule has 2 rings (SSSR count). The third kappa shape index (κ3) is 3.29. The standard InChI is InChI=1S/C15H19NO4/c1-20-13-5-3-2-4-12(13)15(19)16-8-6-11(7-9-16)10-14(17)18/h2-5,11H,6-10H2,1H3,(H,17,18). The van der Waals surface area contributed by atoms with Crippen molar-refractivity contribution in [3.05, 3.63) is 29.8 Å². The average Bonchev–Trinajstić information content (AvgIpc) is 2.46. The monoisotopic (exact) mass is 277 g/mol. The summed E-state index contributed by atoms with van der Waals surface area (Å²) in [7, 11) is 1.55. The SMILES string of the molecule is COc1ccccc1C(=O)N1CCC(CC(=O)O)CC1. The lowest BCUT2D eigenvalue weighted by Crippen LogP contribution is -2.39. The Morgan fingerprint density at radius 2 is 1.95 bits per heavy atom. The van der Waals surface area contributed by atoms with Gasteiger partial charge >= 0.3 is 5.97 Å². The number of carbonyl (C=O) groups excluding carboxylic acids is 1. The summed E-state index contributed by atoms with van der Waals surface area (Å²) in [6, 6.07) is 7.16. The van der Waals surface area contributed by atoms with Crippen molar-refractivity contribution in [3.63, 3.8) is 0 Å². The van der Waals surface area contributed by atoms with Gasteiger partial charge in [0.05, 0.1) is 12.7 Å². The summed E-state index contributed by atoms with van der Waals surface area (Å²) in [6.45, 7) is 1.21. The van der Waals surface area contributed by atoms with Gasteiger partial charge in [0, 0.05) is 19.5 Å². The van der Waals surface area contributed by atoms with Crippen LogP contribution in [-0.4, -0.2) is 42.1 Å². The topological polar surface area (TPSA) is 66.8 Å². The Kier molecular flexibility index (Phi) is 4.61. The number of aliphatic carboxylic acids is 1. The van der Waals surface area contributed by atoms with Crippen LogP contribution in [0.4, 0.5) is 0 Å². The van der Waals surface area contributed by atoms with Crippen LogP contribution in [0.2, 0.25) is 0 Å². The number of carboxylic acid groups (broad SMARTS) is 1. The molecule has 1 fully saturated rings. The summed E-state index contributed by atoms with van der Waals surface area (Å²) in [5.41, 5.74) is 0.562. The van der Waals surface area contributed by atoms with Gasteiger partial charge in [-0.15, -0.1) is 0 Å². The number of carbonyl (C=O) groups is 2. The molecule has 20 heavy (non-hydrogen) atoms. The van der Waals surface area contributed by atoms with Crippen molar-refractivity contribution >= 4 is 11.9 Å². The van der Waals surface area contributed by atoms with E-state index in [-0.39, 0.29) is 18.2 Å². The molecule has 108 valence electrons. The van der Waals surface area contributed by atoms with E-state index in [9.17, 15) is 9.59 Å². The Morgan fingerprint density at radius 1 is 1.30 bits per heavy atom. The van der Waals surface area contributed by atoms with Crippen LogP contribution in [-0.2, 0) is 4.79 Å². The van der Waals surface area contributed by atoms with Crippen molar-refractivity contribution in [1.29, 1.82) is 0 Å². The van der Waals surface area contributed by atoms with Gasteiger partial charge in [0.15, 0.2) is 0 Å². The zero-order valence-corrected chi connectivity index (χ0v) is 11.5. The zero-order chi connectivity index (χ0) is 14.5. The summed E-state index contributed by atoms with van der Waals surface area (Å²) in [5.74, 6) is -0.0601. The molecule has 0 atom stereocenters. The van der Waals surface area contributed by atoms with Crippen molar-refractivity contribution in [2.45, 2.75) is 19.3 Å². The van der Waals surface area contributed by atoms with E-state index >= 15 is 0 Å². The number of likely N-dealkylation sites (tertiary alicyclic amines) is 1. The molecular formula is C15H19NO4. The zero-order valence-electron chi connectivity index (χ0n) is 11.5. The van der Waals surface area contributed by atoms with Crippen LogP contribution >= 0.6 is 0 Å². The van der Waals surface area contributed by atoms with Crippen LogP contribution in [0, 0.1) is 5.92 Å². The van der Waals surface area contributed by atoms with E-state index in [0.717, 1.165) is 12.8 Å². The molecule has 0 radical (unpaired) electrons. The molecular weight excluding hydrogens is 258 g/mol. The first-order valence-electron chi connectivity index (χ1n) is 6.76. The number of para-hydroxylation sites is 1. The highest BCUT2D eigenvalue weighted by Crippen LogP contribution is 2.24. The third-order valence-corrected chi connectivity index (χ3v) is 3.70. The van der Waals surface area contributed by atoms with E-state index in [1.54, 1.807) is 24.1 Å². The second-order valence-electron chi connectivity index (χ2n) is 5.03. The predicted octanol–water partition coefficient (Wildman–Crippen LogP) is 2.02. The van der Waals surface area contributed by atoms with Crippen LogP contribution < -0.4 is 4.74 Å². The molecule has 1 aliphatic rings. The second kappa shape index (κ2) is 6.41. The number of hydrogen-bond donors (Lipinski definition) is 1. The Morgan fingerprint density at radius 3 is 2.55 bits per heavy atom. The lowest BCUT2D eigenvalue weighted by Gasteiger charge is -2.31. The highest BCUT2D eigenvalue weighted by atomic mass is 16.5. The molecule has 5 heteroatoms. The van der Waals surface area contributed by atoms with Gasteiger partial charge in [-0.1, -0.05) is 12.1 Å². The van der Waals surface area contributed by atoms with Crippen molar-refractivity contribution in [3.8, 4) is 5.75 Å². The van der Waals surface area contributed by atoms with E-state index < -0.39 is 5.97 Å². The first kappa shape index (κ1) is 14.4. The summed E-state index contributed by atoms with van der Waals surface area (Å²) in [6.07, 6.45) is 1.68. The summed E-state index contributed by atoms with van der Waals surface area (Å²) in [4.78, 5) is 24.9. The number of ether oxygens (including phenoxy) is 1. The van der Waals surface area contributed by atoms with Gasteiger partial charge in [-0.25, -0.2) is 0 Å². The maximum Gasteiger partial charge on any atom is 0.303 e. The van der Waals surface area contributed by atoms with Crippen LogP contribution in [0.5, 0.6) is 5.75 Å². The molecule has 0 bridgehead atoms. The predicted molar refractivity (Wildman–Crippen MR) is 73.9 cm³/mol. The molecule has 1 heterocycles. The van der Waals surface area contributed by atoms with Crippen molar-refractivity contribution in [2.75, 3.05) is 20.2 Å². The molecule has 1 aromatic carbocycles. The lowest BCUT2D eigenvalue weighted by molar-refractivity contribution is -0.138. The Bertz CT molecular complexity index is 492. The fourth-order valence-corrected chi connectivity index (χ4v) is 2.58. The number of rotatable bonds is 4. The van der Waals surface area contributed by atoms with Crippen molar-refractivity contribution in [2.24, 2.45) is 5.92 Å². The first-order valence-corrected chi connectivity index (χ1v) is 6.76. The number of nitrogens with zero attached hydrogens (tertiary/aromatic N) is 1. The Balaban J connectivity index is 2.00. The van der Waals surface area contributed by atoms with Crippen LogP contribution in [0.25, 0.3) is 0 Å². The normalized spacial score (nSPS) is 15.9. The van der Waals surface area contributed by atoms with E-state index in [1.807, 2.05) is 12.1 Å². The second-order valence-corrected chi connectivity index (χ2v) is 5.03. The number of carboxylic acids is 1. The fourth-order valence-electron chi connectivity index (χ4n) is 2.58. The van der Waals surface area contributed by atoms with E-state index in [1.165, 1.54) is 0 Å². The smallest absolute Gasteiger partial charge is 0.303 e. The first-order chi connectivity index (χ1) is 9.61. The molecule has 1 amide bonds. The minimum absolute atomic E-state index is 0.0452. The van der Waals surface area contributed by atoms with Gasteiger partial charge in [0.1, 0.15) is 5.75 Å². The van der Waals surface area contributed by atoms with Crippen LogP contribution in [0.3, 0.4) is 0 Å². The number of amides is 1. The molecule has 0 unspecified atom stereocenters. The minimum atomic E-state index is -0.764. The lowest BCUT2D eigenvalue weighted by atomic mass is 9.93. The summed E-state index contributed by atoms with van der Waals surface area (Å²) >= 11 is 0. The van der Waals surface area contributed by atoms with Crippen LogP contribution in [0.15, 0.2) is 24.3 Å². The molecule has 1 aliphatic heterocycles. The highest BCUT2D eigenvalue weighted by molar-refractivity contribution is 5.97. The Labute approximate surface area is 118 Å². The molecule has 1 N–H and O–H groups in total. The molecule has 1 saturated heterocycles. The maximum absolute atomic E-state index is 12.4. The van der Waals surface area contributed by atoms with Gasteiger partial charge in [-0.2, -0.15) is 0 Å². The molecule has 0 spiro atoms. The summed E-state index contributed by atoms with van der Waals surface area (Å²) < 4.78 is 5.21. The van der Waals surface area contributed by atoms with E-state index in [4.69, 9.17) is 9.84 Å². The van der Waals surface area contributed by atoms with E-state index in [2.05, 4.69) is 0 Å². The number of hydrogen-bond acceptors (Lipinski definition) is 3. The number of piperidine rings is 1. The van der Waals surface area contributed by atoms with Gasteiger partial charge in [0.25, 0.3) is 5.91 Å². The third-order valence-electron chi connectivity index (χ3n) is 3.70. The molecule has 5 nitrogen and oxygen atoms in total. The van der Waals surface area contributed by atoms with Gasteiger partial charge in [-0.3, -0.25) is 9.59 Å². The van der Waals surface area contributed by atoms with Crippen molar-refractivity contribution < 1.29 is 19.4 Å². The molecule has 0 saturated carbocycles. The average molecular weight is 277 g/mol. The summed E-state index contributed by atoms with van der Waals surface area (Å²) in [5, 5.41) is 8.79. The molecule has 0 aromatic heterocycles. The number of methoxy groups -OCH3 is 1. The molecule has 1 aromatic rings. The quantitative estimate of drug-likeness (QED) is 0.914. The van der Waals surface area contributed by atoms with Crippen LogP contribution in [0.1, 0.15) is 29.6 Å². The fraction of sp³-hybridized carbons (Fsp3) is 0.467. The van der Waals surface area contributed by atoms with Gasteiger partial charge < -0.3 is 14.7 Å². The van der Waals surface area contributed by atoms with Gasteiger partial charge in [0.2, 0.25) is 0 Å². The van der Waals surface area contributed by atoms with Crippen molar-refractivity contribution in [1.82, 2.24) is 4.90 Å². The molecule has 0 aliphatic carbocycles. The van der Waals surface area contributed by atoms with E-state index in [0.29, 0.717) is 24.4 Å². The minimum Gasteiger partial charge on any atom is -0.496 e. The Hall–Kier alpha value is -2.04.